The van der Waals surface area contributed by atoms with Crippen LogP contribution in [0.15, 0.2) is 35.4 Å². The molecule has 0 aliphatic heterocycles. The topological polar surface area (TPSA) is 86.5 Å². The first-order valence-electron chi connectivity index (χ1n) is 8.10. The predicted octanol–water partition coefficient (Wildman–Crippen LogP) is 3.06. The molecule has 23 heavy (non-hydrogen) atoms. The summed E-state index contributed by atoms with van der Waals surface area (Å²) >= 11 is 0. The van der Waals surface area contributed by atoms with Gasteiger partial charge in [-0.05, 0) is 25.0 Å². The van der Waals surface area contributed by atoms with Crippen molar-refractivity contribution < 1.29 is 0 Å². The molecule has 4 rings (SSSR count). The van der Waals surface area contributed by atoms with Gasteiger partial charge in [0.1, 0.15) is 5.65 Å². The van der Waals surface area contributed by atoms with Crippen LogP contribution in [0.1, 0.15) is 32.1 Å². The van der Waals surface area contributed by atoms with Gasteiger partial charge in [-0.25, -0.2) is 9.97 Å². The molecule has 0 amide bonds. The van der Waals surface area contributed by atoms with Crippen molar-refractivity contribution in [1.82, 2.24) is 19.9 Å². The third-order valence-corrected chi connectivity index (χ3v) is 4.41. The molecule has 3 aromatic rings. The molecule has 6 heteroatoms. The highest BCUT2D eigenvalue weighted by molar-refractivity contribution is 5.92. The van der Waals surface area contributed by atoms with Crippen LogP contribution in [0.3, 0.4) is 0 Å². The van der Waals surface area contributed by atoms with E-state index in [1.807, 2.05) is 18.3 Å². The summed E-state index contributed by atoms with van der Waals surface area (Å²) in [6, 6.07) is 5.79. The summed E-state index contributed by atoms with van der Waals surface area (Å²) < 4.78 is 0. The molecule has 3 N–H and O–H groups in total. The third kappa shape index (κ3) is 2.84. The van der Waals surface area contributed by atoms with E-state index in [-0.39, 0.29) is 5.56 Å². The fraction of sp³-hybridized carbons (Fsp3) is 0.353. The van der Waals surface area contributed by atoms with E-state index in [0.29, 0.717) is 17.7 Å². The molecule has 3 aromatic heterocycles. The van der Waals surface area contributed by atoms with Gasteiger partial charge in [0.15, 0.2) is 0 Å². The van der Waals surface area contributed by atoms with Crippen LogP contribution >= 0.6 is 0 Å². The van der Waals surface area contributed by atoms with E-state index in [9.17, 15) is 4.79 Å². The van der Waals surface area contributed by atoms with Crippen LogP contribution in [-0.4, -0.2) is 26.0 Å². The fourth-order valence-electron chi connectivity index (χ4n) is 3.27. The van der Waals surface area contributed by atoms with Gasteiger partial charge in [0.2, 0.25) is 5.95 Å². The van der Waals surface area contributed by atoms with Gasteiger partial charge in [0.25, 0.3) is 5.56 Å². The van der Waals surface area contributed by atoms with E-state index in [4.69, 9.17) is 0 Å². The number of aromatic nitrogens is 4. The van der Waals surface area contributed by atoms with Crippen LogP contribution in [0.5, 0.6) is 0 Å². The number of rotatable bonds is 3. The molecule has 1 fully saturated rings. The number of hydrogen-bond donors (Lipinski definition) is 3. The van der Waals surface area contributed by atoms with E-state index in [1.54, 1.807) is 6.20 Å². The molecule has 0 atom stereocenters. The van der Waals surface area contributed by atoms with Crippen molar-refractivity contribution in [2.24, 2.45) is 0 Å². The average molecular weight is 309 g/mol. The van der Waals surface area contributed by atoms with Crippen LogP contribution in [0.2, 0.25) is 0 Å². The van der Waals surface area contributed by atoms with Gasteiger partial charge < -0.3 is 10.3 Å². The Kier molecular flexibility index (Phi) is 3.57. The number of pyridine rings is 1. The standard InChI is InChI=1S/C17H19N5O/c23-15-9-14(13-10-19-16-12(13)7-4-8-18-16)21-17(22-15)20-11-5-2-1-3-6-11/h4,7-11H,1-3,5-6H2,(H,18,19)(H2,20,21,22,23). The highest BCUT2D eigenvalue weighted by Gasteiger charge is 2.15. The smallest absolute Gasteiger partial charge is 0.252 e. The minimum atomic E-state index is -0.147. The summed E-state index contributed by atoms with van der Waals surface area (Å²) in [5, 5.41) is 4.35. The molecule has 1 aliphatic rings. The number of fused-ring (bicyclic) bond motifs is 1. The third-order valence-electron chi connectivity index (χ3n) is 4.41. The largest absolute Gasteiger partial charge is 0.353 e. The summed E-state index contributed by atoms with van der Waals surface area (Å²) in [5.41, 5.74) is 2.20. The molecule has 0 aromatic carbocycles. The molecule has 1 saturated carbocycles. The molecule has 0 unspecified atom stereocenters. The maximum absolute atomic E-state index is 12.0. The lowest BCUT2D eigenvalue weighted by Crippen LogP contribution is -2.25. The van der Waals surface area contributed by atoms with E-state index < -0.39 is 0 Å². The SMILES string of the molecule is O=c1cc(-c2c[nH]c3ncccc23)nc(NC2CCCCC2)[nH]1. The first-order chi connectivity index (χ1) is 11.3. The number of H-pyrrole nitrogens is 2. The zero-order chi connectivity index (χ0) is 15.6. The van der Waals surface area contributed by atoms with Gasteiger partial charge in [-0.2, -0.15) is 0 Å². The summed E-state index contributed by atoms with van der Waals surface area (Å²) in [5.74, 6) is 0.553. The van der Waals surface area contributed by atoms with Crippen LogP contribution in [-0.2, 0) is 0 Å². The van der Waals surface area contributed by atoms with Gasteiger partial charge in [0.05, 0.1) is 5.69 Å². The van der Waals surface area contributed by atoms with Crippen molar-refractivity contribution in [2.75, 3.05) is 5.32 Å². The first-order valence-corrected chi connectivity index (χ1v) is 8.10. The zero-order valence-corrected chi connectivity index (χ0v) is 12.8. The highest BCUT2D eigenvalue weighted by Crippen LogP contribution is 2.26. The summed E-state index contributed by atoms with van der Waals surface area (Å²) in [6.07, 6.45) is 9.61. The lowest BCUT2D eigenvalue weighted by molar-refractivity contribution is 0.461. The Labute approximate surface area is 133 Å². The van der Waals surface area contributed by atoms with Gasteiger partial charge in [-0.1, -0.05) is 19.3 Å². The van der Waals surface area contributed by atoms with Crippen LogP contribution in [0.4, 0.5) is 5.95 Å². The molecule has 0 saturated heterocycles. The Morgan fingerprint density at radius 3 is 2.96 bits per heavy atom. The van der Waals surface area contributed by atoms with Gasteiger partial charge in [0, 0.05) is 35.5 Å². The minimum absolute atomic E-state index is 0.147. The molecule has 3 heterocycles. The number of aromatic amines is 2. The number of nitrogens with zero attached hydrogens (tertiary/aromatic N) is 2. The lowest BCUT2D eigenvalue weighted by Gasteiger charge is -2.23. The Balaban J connectivity index is 1.70. The van der Waals surface area contributed by atoms with Gasteiger partial charge in [-0.15, -0.1) is 0 Å². The molecule has 6 nitrogen and oxygen atoms in total. The maximum atomic E-state index is 12.0. The normalized spacial score (nSPS) is 15.8. The van der Waals surface area contributed by atoms with Crippen LogP contribution in [0, 0.1) is 0 Å². The molecule has 0 radical (unpaired) electrons. The fourth-order valence-corrected chi connectivity index (χ4v) is 3.27. The van der Waals surface area contributed by atoms with Crippen LogP contribution in [0.25, 0.3) is 22.3 Å². The molecular formula is C17H19N5O. The molecule has 0 bridgehead atoms. The van der Waals surface area contributed by atoms with Gasteiger partial charge in [-0.3, -0.25) is 9.78 Å². The second-order valence-corrected chi connectivity index (χ2v) is 6.06. The number of nitrogens with one attached hydrogen (secondary N) is 3. The van der Waals surface area contributed by atoms with Crippen molar-refractivity contribution in [3.8, 4) is 11.3 Å². The second-order valence-electron chi connectivity index (χ2n) is 6.06. The molecular weight excluding hydrogens is 290 g/mol. The average Bonchev–Trinajstić information content (AvgIpc) is 2.99. The van der Waals surface area contributed by atoms with Crippen molar-refractivity contribution >= 4 is 17.0 Å². The predicted molar refractivity (Wildman–Crippen MR) is 90.4 cm³/mol. The second kappa shape index (κ2) is 5.87. The Morgan fingerprint density at radius 1 is 1.22 bits per heavy atom. The van der Waals surface area contributed by atoms with Crippen molar-refractivity contribution in [2.45, 2.75) is 38.1 Å². The molecule has 0 spiro atoms. The van der Waals surface area contributed by atoms with Crippen molar-refractivity contribution in [3.05, 3.63) is 40.9 Å². The molecule has 1 aliphatic carbocycles. The Bertz CT molecular complexity index is 876. The Hall–Kier alpha value is -2.63. The Morgan fingerprint density at radius 2 is 2.09 bits per heavy atom. The first kappa shape index (κ1) is 14.0. The van der Waals surface area contributed by atoms with E-state index in [1.165, 1.54) is 25.3 Å². The van der Waals surface area contributed by atoms with Crippen molar-refractivity contribution in [1.29, 1.82) is 0 Å². The summed E-state index contributed by atoms with van der Waals surface area (Å²) in [4.78, 5) is 26.8. The monoisotopic (exact) mass is 309 g/mol. The van der Waals surface area contributed by atoms with Crippen LogP contribution < -0.4 is 10.9 Å². The number of anilines is 1. The highest BCUT2D eigenvalue weighted by atomic mass is 16.1. The van der Waals surface area contributed by atoms with E-state index >= 15 is 0 Å². The zero-order valence-electron chi connectivity index (χ0n) is 12.8. The minimum Gasteiger partial charge on any atom is -0.353 e. The molecule has 118 valence electrons. The maximum Gasteiger partial charge on any atom is 0.252 e. The van der Waals surface area contributed by atoms with Gasteiger partial charge >= 0.3 is 0 Å². The summed E-state index contributed by atoms with van der Waals surface area (Å²) in [7, 11) is 0. The summed E-state index contributed by atoms with van der Waals surface area (Å²) in [6.45, 7) is 0. The number of hydrogen-bond acceptors (Lipinski definition) is 4. The van der Waals surface area contributed by atoms with Crippen molar-refractivity contribution in [3.63, 3.8) is 0 Å². The van der Waals surface area contributed by atoms with E-state index in [2.05, 4.69) is 25.3 Å². The quantitative estimate of drug-likeness (QED) is 0.694. The lowest BCUT2D eigenvalue weighted by atomic mass is 9.96. The van der Waals surface area contributed by atoms with E-state index in [0.717, 1.165) is 29.4 Å².